The zero-order valence-corrected chi connectivity index (χ0v) is 15.3. The smallest absolute Gasteiger partial charge is 0.414 e. The topological polar surface area (TPSA) is 128 Å². The summed E-state index contributed by atoms with van der Waals surface area (Å²) >= 11 is 0. The molecule has 0 aliphatic heterocycles. The van der Waals surface area contributed by atoms with Crippen LogP contribution >= 0.6 is 0 Å². The lowest BCUT2D eigenvalue weighted by molar-refractivity contribution is -0.159. The van der Waals surface area contributed by atoms with E-state index in [2.05, 4.69) is 45.1 Å². The van der Waals surface area contributed by atoms with Gasteiger partial charge in [0.25, 0.3) is 0 Å². The molecule has 0 aromatic heterocycles. The van der Waals surface area contributed by atoms with Gasteiger partial charge in [-0.15, -0.1) is 0 Å². The molecule has 0 bridgehead atoms. The van der Waals surface area contributed by atoms with Crippen molar-refractivity contribution in [2.45, 2.75) is 71.9 Å². The zero-order chi connectivity index (χ0) is 19.2. The molecule has 0 aliphatic rings. The summed E-state index contributed by atoms with van der Waals surface area (Å²) in [4.78, 5) is 23.4. The lowest BCUT2D eigenvalue weighted by Crippen LogP contribution is -2.42. The number of hydrogen-bond donors (Lipinski definition) is 4. The number of β-amino-alcohol motifs (C(OH)–C–C–N with tert-alkyl or cyclic N) is 1. The molecule has 4 N–H and O–H groups in total. The highest BCUT2D eigenvalue weighted by molar-refractivity contribution is 6.27. The highest BCUT2D eigenvalue weighted by atomic mass is 16.6. The van der Waals surface area contributed by atoms with Gasteiger partial charge in [-0.25, -0.2) is 9.59 Å². The van der Waals surface area contributed by atoms with E-state index in [-0.39, 0.29) is 12.1 Å². The minimum absolute atomic E-state index is 0.0137. The summed E-state index contributed by atoms with van der Waals surface area (Å²) in [6.07, 6.45) is 3.60. The van der Waals surface area contributed by atoms with Crippen molar-refractivity contribution in [1.29, 1.82) is 0 Å². The molecule has 0 heterocycles. The van der Waals surface area contributed by atoms with Crippen molar-refractivity contribution in [3.8, 4) is 0 Å². The average Bonchev–Trinajstić information content (AvgIpc) is 2.45. The van der Waals surface area contributed by atoms with Crippen LogP contribution in [0.25, 0.3) is 0 Å². The first-order chi connectivity index (χ1) is 11.0. The van der Waals surface area contributed by atoms with Gasteiger partial charge in [0.05, 0.1) is 5.71 Å². The number of nitrogens with zero attached hydrogens (tertiary/aromatic N) is 1. The van der Waals surface area contributed by atoms with Crippen molar-refractivity contribution in [3.63, 3.8) is 0 Å². The Morgan fingerprint density at radius 3 is 1.88 bits per heavy atom. The molecule has 0 aliphatic carbocycles. The summed E-state index contributed by atoms with van der Waals surface area (Å²) in [5.41, 5.74) is 1.11. The fourth-order valence-electron chi connectivity index (χ4n) is 1.49. The van der Waals surface area contributed by atoms with E-state index < -0.39 is 18.0 Å². The molecule has 0 aromatic carbocycles. The monoisotopic (exact) mass is 348 g/mol. The third kappa shape index (κ3) is 18.4. The molecule has 0 amide bonds. The normalized spacial score (nSPS) is 11.8. The molecular weight excluding hydrogens is 316 g/mol. The van der Waals surface area contributed by atoms with E-state index in [1.54, 1.807) is 0 Å². The Kier molecular flexibility index (Phi) is 14.1. The average molecular weight is 348 g/mol. The number of carboxylic acids is 2. The number of aliphatic hydroxyl groups is 1. The van der Waals surface area contributed by atoms with Crippen molar-refractivity contribution in [2.24, 2.45) is 5.16 Å². The molecule has 0 radical (unpaired) electrons. The lowest BCUT2D eigenvalue weighted by Gasteiger charge is -2.22. The molecule has 0 saturated carbocycles. The van der Waals surface area contributed by atoms with Gasteiger partial charge in [-0.1, -0.05) is 31.8 Å². The Balaban J connectivity index is 0. The van der Waals surface area contributed by atoms with Gasteiger partial charge in [-0.2, -0.15) is 0 Å². The van der Waals surface area contributed by atoms with Crippen LogP contribution in [-0.4, -0.2) is 57.8 Å². The molecular formula is C16H32N2O6. The highest BCUT2D eigenvalue weighted by Gasteiger charge is 2.12. The van der Waals surface area contributed by atoms with Crippen LogP contribution in [-0.2, 0) is 14.4 Å². The predicted molar refractivity (Wildman–Crippen MR) is 92.2 cm³/mol. The second-order valence-corrected chi connectivity index (χ2v) is 6.35. The molecule has 8 nitrogen and oxygen atoms in total. The van der Waals surface area contributed by atoms with Crippen LogP contribution in [0.2, 0.25) is 0 Å². The predicted octanol–water partition coefficient (Wildman–Crippen LogP) is 1.86. The van der Waals surface area contributed by atoms with Gasteiger partial charge >= 0.3 is 11.9 Å². The Bertz CT molecular complexity index is 371. The summed E-state index contributed by atoms with van der Waals surface area (Å²) in [6, 6.07) is 0. The maximum Gasteiger partial charge on any atom is 0.414 e. The summed E-state index contributed by atoms with van der Waals surface area (Å²) in [5.74, 6) is -3.65. The van der Waals surface area contributed by atoms with Gasteiger partial charge in [-0.3, -0.25) is 0 Å². The van der Waals surface area contributed by atoms with Crippen LogP contribution in [0.15, 0.2) is 5.16 Å². The highest BCUT2D eigenvalue weighted by Crippen LogP contribution is 2.02. The first-order valence-corrected chi connectivity index (χ1v) is 8.10. The Morgan fingerprint density at radius 2 is 1.54 bits per heavy atom. The SMILES string of the molecule is CCCC(CCC)=NOCC(O)CNC(C)(C)C.O=C(O)C(=O)O. The fraction of sp³-hybridized carbons (Fsp3) is 0.812. The number of carbonyl (C=O) groups is 2. The molecule has 1 atom stereocenters. The van der Waals surface area contributed by atoms with E-state index in [0.717, 1.165) is 31.4 Å². The molecule has 0 rings (SSSR count). The molecule has 0 spiro atoms. The van der Waals surface area contributed by atoms with Gasteiger partial charge < -0.3 is 25.5 Å². The van der Waals surface area contributed by atoms with Gasteiger partial charge in [0.1, 0.15) is 12.7 Å². The van der Waals surface area contributed by atoms with Gasteiger partial charge in [0, 0.05) is 12.1 Å². The van der Waals surface area contributed by atoms with E-state index >= 15 is 0 Å². The Hall–Kier alpha value is -1.67. The maximum atomic E-state index is 9.73. The minimum atomic E-state index is -1.82. The van der Waals surface area contributed by atoms with Crippen LogP contribution in [0.1, 0.15) is 60.3 Å². The number of aliphatic carboxylic acids is 2. The summed E-state index contributed by atoms with van der Waals surface area (Å²) < 4.78 is 0. The van der Waals surface area contributed by atoms with E-state index in [1.807, 2.05) is 0 Å². The standard InChI is InChI=1S/C14H30N2O2.C2H2O4/c1-6-8-12(9-7-2)16-18-11-13(17)10-15-14(3,4)5;3-1(4)2(5)6/h13,15,17H,6-11H2,1-5H3;(H,3,4)(H,5,6). The summed E-state index contributed by atoms with van der Waals surface area (Å²) in [5, 5.41) is 31.9. The Morgan fingerprint density at radius 1 is 1.08 bits per heavy atom. The summed E-state index contributed by atoms with van der Waals surface area (Å²) in [6.45, 7) is 11.2. The second kappa shape index (κ2) is 13.7. The number of rotatable bonds is 9. The molecule has 24 heavy (non-hydrogen) atoms. The first-order valence-electron chi connectivity index (χ1n) is 8.10. The van der Waals surface area contributed by atoms with Crippen molar-refractivity contribution in [3.05, 3.63) is 0 Å². The minimum Gasteiger partial charge on any atom is -0.473 e. The first kappa shape index (κ1) is 24.6. The van der Waals surface area contributed by atoms with E-state index in [1.165, 1.54) is 0 Å². The van der Waals surface area contributed by atoms with Crippen molar-refractivity contribution >= 4 is 17.7 Å². The quantitative estimate of drug-likeness (QED) is 0.284. The van der Waals surface area contributed by atoms with E-state index in [9.17, 15) is 5.11 Å². The maximum absolute atomic E-state index is 9.73. The van der Waals surface area contributed by atoms with E-state index in [0.29, 0.717) is 6.54 Å². The number of hydrogen-bond acceptors (Lipinski definition) is 6. The van der Waals surface area contributed by atoms with Crippen LogP contribution in [0.4, 0.5) is 0 Å². The fourth-order valence-corrected chi connectivity index (χ4v) is 1.49. The van der Waals surface area contributed by atoms with Crippen molar-refractivity contribution in [2.75, 3.05) is 13.2 Å². The molecule has 8 heteroatoms. The molecule has 0 fully saturated rings. The third-order valence-corrected chi connectivity index (χ3v) is 2.59. The molecule has 1 unspecified atom stereocenters. The Labute approximate surface area is 143 Å². The molecule has 142 valence electrons. The van der Waals surface area contributed by atoms with Gasteiger partial charge in [0.15, 0.2) is 0 Å². The summed E-state index contributed by atoms with van der Waals surface area (Å²) in [7, 11) is 0. The third-order valence-electron chi connectivity index (χ3n) is 2.59. The largest absolute Gasteiger partial charge is 0.473 e. The van der Waals surface area contributed by atoms with Gasteiger partial charge in [0.2, 0.25) is 0 Å². The van der Waals surface area contributed by atoms with Gasteiger partial charge in [-0.05, 0) is 33.6 Å². The zero-order valence-electron chi connectivity index (χ0n) is 15.3. The second-order valence-electron chi connectivity index (χ2n) is 6.35. The number of carboxylic acid groups (broad SMARTS) is 2. The lowest BCUT2D eigenvalue weighted by atomic mass is 10.1. The van der Waals surface area contributed by atoms with Crippen LogP contribution in [0.5, 0.6) is 0 Å². The van der Waals surface area contributed by atoms with E-state index in [4.69, 9.17) is 24.6 Å². The van der Waals surface area contributed by atoms with Crippen molar-refractivity contribution < 1.29 is 29.7 Å². The van der Waals surface area contributed by atoms with Crippen LogP contribution in [0.3, 0.4) is 0 Å². The number of nitrogens with one attached hydrogen (secondary N) is 1. The molecule has 0 aromatic rings. The van der Waals surface area contributed by atoms with Crippen LogP contribution < -0.4 is 5.32 Å². The number of aliphatic hydroxyl groups excluding tert-OH is 1. The van der Waals surface area contributed by atoms with Crippen LogP contribution in [0, 0.1) is 0 Å². The number of oxime groups is 1. The molecule has 0 saturated heterocycles. The van der Waals surface area contributed by atoms with Crippen molar-refractivity contribution in [1.82, 2.24) is 5.32 Å².